The standard InChI is InChI=1S/C19H23N3OS/c1-4-14-5-7-15(8-6-14)18(13(2)3)21-12-17(23)22-19-16(11-20)9-10-24-19/h5-10,13,18,21H,4,12H2,1-3H3,(H,22,23)/p+1/t18-/m0/s1. The van der Waals surface area contributed by atoms with Gasteiger partial charge in [0.05, 0.1) is 5.56 Å². The van der Waals surface area contributed by atoms with Crippen LogP contribution in [0.1, 0.15) is 43.5 Å². The molecule has 0 spiro atoms. The van der Waals surface area contributed by atoms with Crippen molar-refractivity contribution < 1.29 is 10.1 Å². The molecule has 0 aliphatic rings. The van der Waals surface area contributed by atoms with Gasteiger partial charge in [0.1, 0.15) is 17.1 Å². The number of nitrogens with zero attached hydrogens (tertiary/aromatic N) is 1. The normalized spacial score (nSPS) is 12.0. The molecule has 1 heterocycles. The molecule has 24 heavy (non-hydrogen) atoms. The second kappa shape index (κ2) is 8.62. The highest BCUT2D eigenvalue weighted by atomic mass is 32.1. The highest BCUT2D eigenvalue weighted by Crippen LogP contribution is 2.22. The molecule has 3 N–H and O–H groups in total. The van der Waals surface area contributed by atoms with E-state index in [2.05, 4.69) is 61.7 Å². The molecule has 126 valence electrons. The molecular weight excluding hydrogens is 318 g/mol. The first-order valence-electron chi connectivity index (χ1n) is 8.24. The SMILES string of the molecule is CCc1ccc([C@@H]([NH2+]CC(=O)Nc2sccc2C#N)C(C)C)cc1. The van der Waals surface area contributed by atoms with Crippen molar-refractivity contribution in [3.05, 3.63) is 52.4 Å². The van der Waals surface area contributed by atoms with E-state index in [1.165, 1.54) is 22.5 Å². The summed E-state index contributed by atoms with van der Waals surface area (Å²) in [5.74, 6) is 0.339. The molecule has 0 bridgehead atoms. The fourth-order valence-corrected chi connectivity index (χ4v) is 3.43. The summed E-state index contributed by atoms with van der Waals surface area (Å²) < 4.78 is 0. The number of nitriles is 1. The van der Waals surface area contributed by atoms with Crippen LogP contribution in [0.25, 0.3) is 0 Å². The third-order valence-electron chi connectivity index (χ3n) is 4.09. The number of hydrogen-bond donors (Lipinski definition) is 2. The van der Waals surface area contributed by atoms with Crippen LogP contribution in [0.15, 0.2) is 35.7 Å². The Morgan fingerprint density at radius 1 is 1.29 bits per heavy atom. The van der Waals surface area contributed by atoms with Crippen LogP contribution in [0.4, 0.5) is 5.00 Å². The maximum atomic E-state index is 12.2. The fraction of sp³-hybridized carbons (Fsp3) is 0.368. The van der Waals surface area contributed by atoms with Crippen LogP contribution in [0.2, 0.25) is 0 Å². The van der Waals surface area contributed by atoms with Gasteiger partial charge in [0.15, 0.2) is 6.54 Å². The average molecular weight is 342 g/mol. The van der Waals surface area contributed by atoms with E-state index < -0.39 is 0 Å². The third kappa shape index (κ3) is 4.67. The van der Waals surface area contributed by atoms with Gasteiger partial charge >= 0.3 is 0 Å². The molecule has 0 saturated carbocycles. The third-order valence-corrected chi connectivity index (χ3v) is 4.92. The van der Waals surface area contributed by atoms with Crippen LogP contribution in [0, 0.1) is 17.2 Å². The average Bonchev–Trinajstić information content (AvgIpc) is 3.02. The van der Waals surface area contributed by atoms with Crippen molar-refractivity contribution in [3.63, 3.8) is 0 Å². The molecule has 0 saturated heterocycles. The number of anilines is 1. The van der Waals surface area contributed by atoms with Crippen molar-refractivity contribution in [1.29, 1.82) is 5.26 Å². The number of rotatable bonds is 7. The van der Waals surface area contributed by atoms with E-state index in [-0.39, 0.29) is 11.9 Å². The van der Waals surface area contributed by atoms with E-state index in [0.29, 0.717) is 23.0 Å². The van der Waals surface area contributed by atoms with Crippen LogP contribution in [0.5, 0.6) is 0 Å². The number of hydrogen-bond acceptors (Lipinski definition) is 3. The molecule has 1 amide bonds. The van der Waals surface area contributed by atoms with Gasteiger partial charge in [-0.05, 0) is 23.4 Å². The number of quaternary nitrogens is 1. The topological polar surface area (TPSA) is 69.5 Å². The lowest BCUT2D eigenvalue weighted by molar-refractivity contribution is -0.692. The summed E-state index contributed by atoms with van der Waals surface area (Å²) in [7, 11) is 0. The minimum absolute atomic E-state index is 0.0789. The number of nitrogens with one attached hydrogen (secondary N) is 1. The number of thiophene rings is 1. The van der Waals surface area contributed by atoms with Gasteiger partial charge in [-0.3, -0.25) is 4.79 Å². The van der Waals surface area contributed by atoms with Gasteiger partial charge in [0.2, 0.25) is 0 Å². The predicted molar refractivity (Wildman–Crippen MR) is 97.9 cm³/mol. The number of benzene rings is 1. The molecule has 0 aliphatic carbocycles. The van der Waals surface area contributed by atoms with Gasteiger partial charge in [0, 0.05) is 11.5 Å². The summed E-state index contributed by atoms with van der Waals surface area (Å²) in [5.41, 5.74) is 3.08. The summed E-state index contributed by atoms with van der Waals surface area (Å²) >= 11 is 1.38. The summed E-state index contributed by atoms with van der Waals surface area (Å²) in [6.07, 6.45) is 1.03. The Bertz CT molecular complexity index is 713. The quantitative estimate of drug-likeness (QED) is 0.812. The van der Waals surface area contributed by atoms with E-state index in [4.69, 9.17) is 5.26 Å². The van der Waals surface area contributed by atoms with Crippen LogP contribution < -0.4 is 10.6 Å². The Kier molecular flexibility index (Phi) is 6.53. The molecule has 1 aromatic heterocycles. The van der Waals surface area contributed by atoms with Crippen molar-refractivity contribution >= 4 is 22.2 Å². The van der Waals surface area contributed by atoms with Crippen molar-refractivity contribution in [2.75, 3.05) is 11.9 Å². The summed E-state index contributed by atoms with van der Waals surface area (Å²) in [6, 6.07) is 12.7. The number of aryl methyl sites for hydroxylation is 1. The first kappa shape index (κ1) is 18.2. The van der Waals surface area contributed by atoms with Crippen molar-refractivity contribution in [2.45, 2.75) is 33.2 Å². The van der Waals surface area contributed by atoms with Gasteiger partial charge in [-0.15, -0.1) is 11.3 Å². The van der Waals surface area contributed by atoms with Gasteiger partial charge < -0.3 is 10.6 Å². The fourth-order valence-electron chi connectivity index (χ4n) is 2.67. The second-order valence-corrected chi connectivity index (χ2v) is 7.04. The zero-order valence-electron chi connectivity index (χ0n) is 14.4. The van der Waals surface area contributed by atoms with Gasteiger partial charge in [0.25, 0.3) is 5.91 Å². The Morgan fingerprint density at radius 3 is 2.58 bits per heavy atom. The molecule has 2 aromatic rings. The maximum absolute atomic E-state index is 12.2. The lowest BCUT2D eigenvalue weighted by Crippen LogP contribution is -2.88. The Labute approximate surface area is 147 Å². The van der Waals surface area contributed by atoms with Crippen LogP contribution in [-0.2, 0) is 11.2 Å². The zero-order chi connectivity index (χ0) is 17.5. The lowest BCUT2D eigenvalue weighted by Gasteiger charge is -2.19. The van der Waals surface area contributed by atoms with E-state index in [1.54, 1.807) is 6.07 Å². The molecule has 2 rings (SSSR count). The largest absolute Gasteiger partial charge is 0.332 e. The highest BCUT2D eigenvalue weighted by Gasteiger charge is 2.21. The minimum Gasteiger partial charge on any atom is -0.332 e. The van der Waals surface area contributed by atoms with Gasteiger partial charge in [-0.2, -0.15) is 5.26 Å². The number of carbonyl (C=O) groups is 1. The van der Waals surface area contributed by atoms with Gasteiger partial charge in [-0.1, -0.05) is 45.0 Å². The first-order chi connectivity index (χ1) is 11.5. The second-order valence-electron chi connectivity index (χ2n) is 6.13. The molecule has 5 heteroatoms. The Balaban J connectivity index is 1.98. The molecule has 1 atom stereocenters. The Hall–Kier alpha value is -2.16. The van der Waals surface area contributed by atoms with Crippen molar-refractivity contribution in [2.24, 2.45) is 5.92 Å². The molecule has 0 unspecified atom stereocenters. The van der Waals surface area contributed by atoms with Crippen LogP contribution >= 0.6 is 11.3 Å². The van der Waals surface area contributed by atoms with Crippen molar-refractivity contribution in [3.8, 4) is 6.07 Å². The Morgan fingerprint density at radius 2 is 2.00 bits per heavy atom. The molecule has 0 aliphatic heterocycles. The monoisotopic (exact) mass is 342 g/mol. The zero-order valence-corrected chi connectivity index (χ0v) is 15.2. The smallest absolute Gasteiger partial charge is 0.280 e. The van der Waals surface area contributed by atoms with Crippen LogP contribution in [-0.4, -0.2) is 12.5 Å². The molecule has 1 aromatic carbocycles. The molecule has 4 nitrogen and oxygen atoms in total. The molecule has 0 radical (unpaired) electrons. The first-order valence-corrected chi connectivity index (χ1v) is 9.12. The van der Waals surface area contributed by atoms with Crippen molar-refractivity contribution in [1.82, 2.24) is 0 Å². The van der Waals surface area contributed by atoms with E-state index in [0.717, 1.165) is 6.42 Å². The summed E-state index contributed by atoms with van der Waals surface area (Å²) in [6.45, 7) is 6.81. The molecule has 0 fully saturated rings. The summed E-state index contributed by atoms with van der Waals surface area (Å²) in [4.78, 5) is 12.2. The van der Waals surface area contributed by atoms with E-state index >= 15 is 0 Å². The highest BCUT2D eigenvalue weighted by molar-refractivity contribution is 7.14. The van der Waals surface area contributed by atoms with E-state index in [9.17, 15) is 4.79 Å². The van der Waals surface area contributed by atoms with E-state index in [1.807, 2.05) is 5.38 Å². The lowest BCUT2D eigenvalue weighted by atomic mass is 9.95. The number of nitrogens with two attached hydrogens (primary N) is 1. The van der Waals surface area contributed by atoms with Gasteiger partial charge in [-0.25, -0.2) is 0 Å². The molecular formula is C19H24N3OS+. The number of amides is 1. The number of carbonyl (C=O) groups excluding carboxylic acids is 1. The predicted octanol–water partition coefficient (Wildman–Crippen LogP) is 3.08. The summed E-state index contributed by atoms with van der Waals surface area (Å²) in [5, 5.41) is 16.3. The maximum Gasteiger partial charge on any atom is 0.280 e. The minimum atomic E-state index is -0.0789. The van der Waals surface area contributed by atoms with Crippen LogP contribution in [0.3, 0.4) is 0 Å².